The molecule has 0 amide bonds. The van der Waals surface area contributed by atoms with Crippen LogP contribution in [0.3, 0.4) is 0 Å². The van der Waals surface area contributed by atoms with Crippen LogP contribution >= 0.6 is 15.9 Å². The summed E-state index contributed by atoms with van der Waals surface area (Å²) in [5.74, 6) is 0. The number of rotatable bonds is 6. The first kappa shape index (κ1) is 15.7. The van der Waals surface area contributed by atoms with E-state index in [-0.39, 0.29) is 11.6 Å². The van der Waals surface area contributed by atoms with E-state index in [9.17, 15) is 0 Å². The summed E-state index contributed by atoms with van der Waals surface area (Å²) < 4.78 is 1.11. The molecular formula is C15H25BrN2. The maximum absolute atomic E-state index is 6.42. The van der Waals surface area contributed by atoms with Crippen molar-refractivity contribution in [1.29, 1.82) is 0 Å². The molecule has 1 atom stereocenters. The predicted molar refractivity (Wildman–Crippen MR) is 82.8 cm³/mol. The summed E-state index contributed by atoms with van der Waals surface area (Å²) in [7, 11) is 0. The smallest absolute Gasteiger partial charge is 0.0307 e. The van der Waals surface area contributed by atoms with E-state index < -0.39 is 0 Å². The van der Waals surface area contributed by atoms with Crippen LogP contribution in [0.1, 0.15) is 33.3 Å². The topological polar surface area (TPSA) is 29.3 Å². The number of nitrogens with two attached hydrogens (primary N) is 1. The average molecular weight is 313 g/mol. The molecule has 1 aromatic rings. The maximum atomic E-state index is 6.42. The van der Waals surface area contributed by atoms with E-state index in [4.69, 9.17) is 5.73 Å². The van der Waals surface area contributed by atoms with Crippen molar-refractivity contribution in [1.82, 2.24) is 4.90 Å². The van der Waals surface area contributed by atoms with Gasteiger partial charge >= 0.3 is 0 Å². The number of nitrogens with zero attached hydrogens (tertiary/aromatic N) is 1. The Balaban J connectivity index is 2.74. The molecular weight excluding hydrogens is 288 g/mol. The van der Waals surface area contributed by atoms with Crippen LogP contribution in [-0.4, -0.2) is 29.6 Å². The third kappa shape index (κ3) is 3.81. The van der Waals surface area contributed by atoms with Crippen molar-refractivity contribution in [3.63, 3.8) is 0 Å². The molecule has 0 saturated carbocycles. The molecule has 2 N–H and O–H groups in total. The van der Waals surface area contributed by atoms with Gasteiger partial charge in [0, 0.05) is 16.1 Å². The lowest BCUT2D eigenvalue weighted by Crippen LogP contribution is -2.56. The molecule has 0 bridgehead atoms. The molecule has 0 aliphatic heterocycles. The highest BCUT2D eigenvalue weighted by Gasteiger charge is 2.31. The van der Waals surface area contributed by atoms with Crippen molar-refractivity contribution in [2.75, 3.05) is 13.1 Å². The number of halogens is 1. The van der Waals surface area contributed by atoms with Crippen LogP contribution in [0.4, 0.5) is 0 Å². The van der Waals surface area contributed by atoms with E-state index in [1.807, 2.05) is 0 Å². The Morgan fingerprint density at radius 1 is 1.17 bits per heavy atom. The molecule has 0 fully saturated rings. The minimum Gasteiger partial charge on any atom is -0.326 e. The van der Waals surface area contributed by atoms with Gasteiger partial charge in [0.2, 0.25) is 0 Å². The third-order valence-electron chi connectivity index (χ3n) is 3.85. The zero-order valence-corrected chi connectivity index (χ0v) is 13.5. The maximum Gasteiger partial charge on any atom is 0.0307 e. The zero-order chi connectivity index (χ0) is 13.8. The summed E-state index contributed by atoms with van der Waals surface area (Å²) in [6, 6.07) is 8.57. The molecule has 102 valence electrons. The highest BCUT2D eigenvalue weighted by Crippen LogP contribution is 2.21. The Morgan fingerprint density at radius 2 is 1.67 bits per heavy atom. The normalized spacial score (nSPS) is 13.9. The van der Waals surface area contributed by atoms with Crippen molar-refractivity contribution < 1.29 is 0 Å². The Bertz CT molecular complexity index is 355. The Hall–Kier alpha value is -0.380. The molecule has 3 heteroatoms. The molecule has 0 aromatic heterocycles. The van der Waals surface area contributed by atoms with E-state index in [1.165, 1.54) is 5.56 Å². The summed E-state index contributed by atoms with van der Waals surface area (Å²) in [6.45, 7) is 10.9. The minimum atomic E-state index is 0.0244. The second-order valence-corrected chi connectivity index (χ2v) is 6.18. The Kier molecular flexibility index (Phi) is 5.83. The SMILES string of the molecule is CCN(CC)C(C)(C)C(N)Cc1ccc(Br)cc1. The summed E-state index contributed by atoms with van der Waals surface area (Å²) in [6.07, 6.45) is 0.913. The summed E-state index contributed by atoms with van der Waals surface area (Å²) in [5.41, 5.74) is 7.74. The largest absolute Gasteiger partial charge is 0.326 e. The van der Waals surface area contributed by atoms with Crippen molar-refractivity contribution in [2.45, 2.75) is 45.7 Å². The Morgan fingerprint density at radius 3 is 2.11 bits per heavy atom. The molecule has 0 aliphatic carbocycles. The molecule has 1 aromatic carbocycles. The van der Waals surface area contributed by atoms with Gasteiger partial charge in [-0.25, -0.2) is 0 Å². The third-order valence-corrected chi connectivity index (χ3v) is 4.38. The fourth-order valence-electron chi connectivity index (χ4n) is 2.40. The van der Waals surface area contributed by atoms with Crippen LogP contribution in [0.25, 0.3) is 0 Å². The first-order valence-electron chi connectivity index (χ1n) is 6.66. The van der Waals surface area contributed by atoms with Gasteiger partial charge in [-0.3, -0.25) is 4.90 Å². The zero-order valence-electron chi connectivity index (χ0n) is 11.9. The number of likely N-dealkylation sites (N-methyl/N-ethyl adjacent to an activating group) is 1. The first-order chi connectivity index (χ1) is 8.41. The van der Waals surface area contributed by atoms with E-state index in [2.05, 4.69) is 72.8 Å². The molecule has 0 saturated heterocycles. The van der Waals surface area contributed by atoms with Gasteiger partial charge in [0.05, 0.1) is 0 Å². The van der Waals surface area contributed by atoms with Crippen LogP contribution in [0, 0.1) is 0 Å². The van der Waals surface area contributed by atoms with E-state index in [0.717, 1.165) is 24.0 Å². The van der Waals surface area contributed by atoms with Gasteiger partial charge in [-0.2, -0.15) is 0 Å². The van der Waals surface area contributed by atoms with Crippen molar-refractivity contribution in [3.8, 4) is 0 Å². The number of benzene rings is 1. The molecule has 18 heavy (non-hydrogen) atoms. The molecule has 0 radical (unpaired) electrons. The van der Waals surface area contributed by atoms with E-state index in [0.29, 0.717) is 0 Å². The summed E-state index contributed by atoms with van der Waals surface area (Å²) in [4.78, 5) is 2.43. The second kappa shape index (κ2) is 6.69. The summed E-state index contributed by atoms with van der Waals surface area (Å²) in [5, 5.41) is 0. The van der Waals surface area contributed by atoms with Gasteiger partial charge in [-0.1, -0.05) is 41.9 Å². The summed E-state index contributed by atoms with van der Waals surface area (Å²) >= 11 is 3.46. The average Bonchev–Trinajstić information content (AvgIpc) is 2.33. The van der Waals surface area contributed by atoms with E-state index in [1.54, 1.807) is 0 Å². The van der Waals surface area contributed by atoms with Gasteiger partial charge in [-0.05, 0) is 51.1 Å². The molecule has 1 unspecified atom stereocenters. The molecule has 2 nitrogen and oxygen atoms in total. The van der Waals surface area contributed by atoms with Crippen LogP contribution in [0.5, 0.6) is 0 Å². The fourth-order valence-corrected chi connectivity index (χ4v) is 2.66. The minimum absolute atomic E-state index is 0.0244. The molecule has 0 spiro atoms. The lowest BCUT2D eigenvalue weighted by atomic mass is 9.88. The fraction of sp³-hybridized carbons (Fsp3) is 0.600. The number of hydrogen-bond acceptors (Lipinski definition) is 2. The van der Waals surface area contributed by atoms with Crippen molar-refractivity contribution in [2.24, 2.45) is 5.73 Å². The van der Waals surface area contributed by atoms with E-state index >= 15 is 0 Å². The van der Waals surface area contributed by atoms with Crippen molar-refractivity contribution in [3.05, 3.63) is 34.3 Å². The van der Waals surface area contributed by atoms with Crippen LogP contribution < -0.4 is 5.73 Å². The highest BCUT2D eigenvalue weighted by atomic mass is 79.9. The first-order valence-corrected chi connectivity index (χ1v) is 7.46. The van der Waals surface area contributed by atoms with Gasteiger partial charge in [0.25, 0.3) is 0 Å². The standard InChI is InChI=1S/C15H25BrN2/c1-5-18(6-2)15(3,4)14(17)11-12-7-9-13(16)10-8-12/h7-10,14H,5-6,11,17H2,1-4H3. The Labute approximate surface area is 120 Å². The van der Waals surface area contributed by atoms with Crippen LogP contribution in [0.15, 0.2) is 28.7 Å². The van der Waals surface area contributed by atoms with Crippen LogP contribution in [-0.2, 0) is 6.42 Å². The van der Waals surface area contributed by atoms with Crippen LogP contribution in [0.2, 0.25) is 0 Å². The highest BCUT2D eigenvalue weighted by molar-refractivity contribution is 9.10. The monoisotopic (exact) mass is 312 g/mol. The lowest BCUT2D eigenvalue weighted by molar-refractivity contribution is 0.106. The van der Waals surface area contributed by atoms with Crippen molar-refractivity contribution >= 4 is 15.9 Å². The predicted octanol–water partition coefficient (Wildman–Crippen LogP) is 3.44. The molecule has 1 rings (SSSR count). The number of hydrogen-bond donors (Lipinski definition) is 1. The van der Waals surface area contributed by atoms with Gasteiger partial charge in [0.1, 0.15) is 0 Å². The molecule has 0 heterocycles. The lowest BCUT2D eigenvalue weighted by Gasteiger charge is -2.42. The van der Waals surface area contributed by atoms with Gasteiger partial charge in [-0.15, -0.1) is 0 Å². The quantitative estimate of drug-likeness (QED) is 0.872. The molecule has 0 aliphatic rings. The van der Waals surface area contributed by atoms with Gasteiger partial charge in [0.15, 0.2) is 0 Å². The van der Waals surface area contributed by atoms with Gasteiger partial charge < -0.3 is 5.73 Å². The second-order valence-electron chi connectivity index (χ2n) is 5.26.